The van der Waals surface area contributed by atoms with Crippen LogP contribution in [0.3, 0.4) is 0 Å². The Hall–Kier alpha value is -1.58. The van der Waals surface area contributed by atoms with Gasteiger partial charge in [0.05, 0.1) is 18.3 Å². The minimum Gasteiger partial charge on any atom is -0.332 e. The molecule has 0 spiro atoms. The second kappa shape index (κ2) is 4.83. The van der Waals surface area contributed by atoms with Crippen LogP contribution in [0.1, 0.15) is 46.2 Å². The molecule has 2 aromatic rings. The summed E-state index contributed by atoms with van der Waals surface area (Å²) >= 11 is 0. The van der Waals surface area contributed by atoms with E-state index in [2.05, 4.69) is 53.0 Å². The maximum Gasteiger partial charge on any atom is 0.0954 e. The van der Waals surface area contributed by atoms with Crippen molar-refractivity contribution in [3.63, 3.8) is 0 Å². The predicted octanol–water partition coefficient (Wildman–Crippen LogP) is 3.34. The van der Waals surface area contributed by atoms with Gasteiger partial charge >= 0.3 is 0 Å². The van der Waals surface area contributed by atoms with Crippen LogP contribution in [0.15, 0.2) is 31.2 Å². The van der Waals surface area contributed by atoms with Gasteiger partial charge in [0.15, 0.2) is 0 Å². The summed E-state index contributed by atoms with van der Waals surface area (Å²) < 4.78 is 4.40. The van der Waals surface area contributed by atoms with Gasteiger partial charge in [-0.1, -0.05) is 0 Å². The van der Waals surface area contributed by atoms with Gasteiger partial charge in [-0.15, -0.1) is 0 Å². The van der Waals surface area contributed by atoms with E-state index in [-0.39, 0.29) is 11.1 Å². The Bertz CT molecular complexity index is 520. The fraction of sp³-hybridized carbons (Fsp3) is 0.600. The summed E-state index contributed by atoms with van der Waals surface area (Å²) in [5.74, 6) is 0. The van der Waals surface area contributed by atoms with Crippen molar-refractivity contribution < 1.29 is 0 Å². The topological polar surface area (TPSA) is 35.6 Å². The summed E-state index contributed by atoms with van der Waals surface area (Å²) in [5, 5.41) is 0. The van der Waals surface area contributed by atoms with Crippen molar-refractivity contribution in [3.8, 4) is 0 Å². The molecule has 0 N–H and O–H groups in total. The number of imidazole rings is 2. The Morgan fingerprint density at radius 3 is 2.11 bits per heavy atom. The Labute approximate surface area is 115 Å². The Kier molecular flexibility index (Phi) is 3.52. The molecule has 2 rings (SSSR count). The molecule has 0 unspecified atom stereocenters. The molecule has 0 amide bonds. The summed E-state index contributed by atoms with van der Waals surface area (Å²) in [7, 11) is 0. The zero-order valence-electron chi connectivity index (χ0n) is 12.6. The van der Waals surface area contributed by atoms with Crippen LogP contribution >= 0.6 is 0 Å². The van der Waals surface area contributed by atoms with Gasteiger partial charge in [-0.05, 0) is 47.5 Å². The highest BCUT2D eigenvalue weighted by Crippen LogP contribution is 2.29. The van der Waals surface area contributed by atoms with Gasteiger partial charge < -0.3 is 9.13 Å². The average Bonchev–Trinajstić information content (AvgIpc) is 2.97. The molecule has 19 heavy (non-hydrogen) atoms. The molecule has 0 saturated carbocycles. The van der Waals surface area contributed by atoms with Gasteiger partial charge in [0.25, 0.3) is 0 Å². The van der Waals surface area contributed by atoms with Crippen LogP contribution in [0.5, 0.6) is 0 Å². The zero-order valence-corrected chi connectivity index (χ0v) is 12.6. The molecule has 4 nitrogen and oxygen atoms in total. The van der Waals surface area contributed by atoms with E-state index in [1.54, 1.807) is 0 Å². The molecule has 0 aliphatic carbocycles. The summed E-state index contributed by atoms with van der Waals surface area (Å²) in [6.45, 7) is 11.1. The molecular formula is C15H24N4. The Balaban J connectivity index is 2.05. The maximum absolute atomic E-state index is 4.32. The molecule has 0 radical (unpaired) electrons. The molecule has 0 bridgehead atoms. The number of hydrogen-bond donors (Lipinski definition) is 0. The van der Waals surface area contributed by atoms with Crippen LogP contribution in [0.2, 0.25) is 0 Å². The van der Waals surface area contributed by atoms with Crippen LogP contribution < -0.4 is 0 Å². The smallest absolute Gasteiger partial charge is 0.0954 e. The van der Waals surface area contributed by atoms with Gasteiger partial charge in [-0.2, -0.15) is 0 Å². The third-order valence-electron chi connectivity index (χ3n) is 3.96. The van der Waals surface area contributed by atoms with E-state index < -0.39 is 0 Å². The van der Waals surface area contributed by atoms with Crippen molar-refractivity contribution in [1.29, 1.82) is 0 Å². The highest BCUT2D eigenvalue weighted by molar-refractivity contribution is 4.97. The SMILES string of the molecule is Cc1cn(C(C)(C)CCC(C)(C)n2ccnc2)cn1. The van der Waals surface area contributed by atoms with Crippen LogP contribution in [0.4, 0.5) is 0 Å². The van der Waals surface area contributed by atoms with E-state index in [0.717, 1.165) is 18.5 Å². The molecule has 104 valence electrons. The molecule has 0 fully saturated rings. The van der Waals surface area contributed by atoms with E-state index in [9.17, 15) is 0 Å². The lowest BCUT2D eigenvalue weighted by molar-refractivity contribution is 0.239. The first-order chi connectivity index (χ1) is 8.81. The summed E-state index contributed by atoms with van der Waals surface area (Å²) in [4.78, 5) is 8.47. The third-order valence-corrected chi connectivity index (χ3v) is 3.96. The Morgan fingerprint density at radius 1 is 1.00 bits per heavy atom. The van der Waals surface area contributed by atoms with Crippen LogP contribution in [-0.4, -0.2) is 19.1 Å². The number of rotatable bonds is 5. The standard InChI is InChI=1S/C15H24N4/c1-13-10-19(12-17-13)15(4,5)7-6-14(2,3)18-9-8-16-11-18/h8-12H,6-7H2,1-5H3. The molecule has 2 heterocycles. The number of hydrogen-bond acceptors (Lipinski definition) is 2. The minimum absolute atomic E-state index is 0.0825. The third kappa shape index (κ3) is 3.06. The van der Waals surface area contributed by atoms with E-state index in [4.69, 9.17) is 0 Å². The van der Waals surface area contributed by atoms with E-state index >= 15 is 0 Å². The second-order valence-electron chi connectivity index (χ2n) is 6.52. The Morgan fingerprint density at radius 2 is 1.63 bits per heavy atom. The van der Waals surface area contributed by atoms with Crippen molar-refractivity contribution >= 4 is 0 Å². The van der Waals surface area contributed by atoms with E-state index in [1.165, 1.54) is 0 Å². The first-order valence-electron chi connectivity index (χ1n) is 6.81. The van der Waals surface area contributed by atoms with Crippen molar-refractivity contribution in [2.24, 2.45) is 0 Å². The first-order valence-corrected chi connectivity index (χ1v) is 6.81. The average molecular weight is 260 g/mol. The molecular weight excluding hydrogens is 236 g/mol. The summed E-state index contributed by atoms with van der Waals surface area (Å²) in [5.41, 5.74) is 1.24. The fourth-order valence-corrected chi connectivity index (χ4v) is 2.24. The van der Waals surface area contributed by atoms with Crippen molar-refractivity contribution in [2.45, 2.75) is 58.5 Å². The van der Waals surface area contributed by atoms with Gasteiger partial charge in [-0.3, -0.25) is 0 Å². The van der Waals surface area contributed by atoms with Crippen molar-refractivity contribution in [3.05, 3.63) is 36.9 Å². The van der Waals surface area contributed by atoms with E-state index in [0.29, 0.717) is 0 Å². The lowest BCUT2D eigenvalue weighted by atomic mass is 9.89. The quantitative estimate of drug-likeness (QED) is 0.826. The highest BCUT2D eigenvalue weighted by atomic mass is 15.1. The van der Waals surface area contributed by atoms with E-state index in [1.807, 2.05) is 32.0 Å². The molecule has 4 heteroatoms. The van der Waals surface area contributed by atoms with Gasteiger partial charge in [0.2, 0.25) is 0 Å². The lowest BCUT2D eigenvalue weighted by Gasteiger charge is -2.33. The van der Waals surface area contributed by atoms with Crippen LogP contribution in [0, 0.1) is 6.92 Å². The number of nitrogens with zero attached hydrogens (tertiary/aromatic N) is 4. The number of aryl methyl sites for hydroxylation is 1. The maximum atomic E-state index is 4.32. The zero-order chi connectivity index (χ0) is 14.1. The number of aromatic nitrogens is 4. The molecule has 0 saturated heterocycles. The molecule has 0 aliphatic rings. The van der Waals surface area contributed by atoms with Crippen LogP contribution in [0.25, 0.3) is 0 Å². The monoisotopic (exact) mass is 260 g/mol. The van der Waals surface area contributed by atoms with Gasteiger partial charge in [0, 0.05) is 29.7 Å². The lowest BCUT2D eigenvalue weighted by Crippen LogP contribution is -2.31. The second-order valence-corrected chi connectivity index (χ2v) is 6.52. The molecule has 0 aromatic carbocycles. The van der Waals surface area contributed by atoms with Crippen molar-refractivity contribution in [2.75, 3.05) is 0 Å². The largest absolute Gasteiger partial charge is 0.332 e. The summed E-state index contributed by atoms with van der Waals surface area (Å²) in [6.07, 6.45) is 12.0. The van der Waals surface area contributed by atoms with Gasteiger partial charge in [-0.25, -0.2) is 9.97 Å². The van der Waals surface area contributed by atoms with Gasteiger partial charge in [0.1, 0.15) is 0 Å². The molecule has 0 aliphatic heterocycles. The normalized spacial score (nSPS) is 12.9. The fourth-order valence-electron chi connectivity index (χ4n) is 2.24. The summed E-state index contributed by atoms with van der Waals surface area (Å²) in [6, 6.07) is 0. The van der Waals surface area contributed by atoms with Crippen LogP contribution in [-0.2, 0) is 11.1 Å². The molecule has 0 atom stereocenters. The highest BCUT2D eigenvalue weighted by Gasteiger charge is 2.26. The minimum atomic E-state index is 0.0825. The molecule has 2 aromatic heterocycles. The van der Waals surface area contributed by atoms with Crippen molar-refractivity contribution in [1.82, 2.24) is 19.1 Å². The first kappa shape index (κ1) is 13.8. The predicted molar refractivity (Wildman–Crippen MR) is 77.1 cm³/mol.